The van der Waals surface area contributed by atoms with E-state index < -0.39 is 11.7 Å². The fourth-order valence-corrected chi connectivity index (χ4v) is 3.70. The van der Waals surface area contributed by atoms with Gasteiger partial charge in [-0.25, -0.2) is 4.79 Å². The summed E-state index contributed by atoms with van der Waals surface area (Å²) in [5.74, 6) is 0. The van der Waals surface area contributed by atoms with Crippen LogP contribution in [0.25, 0.3) is 0 Å². The predicted octanol–water partition coefficient (Wildman–Crippen LogP) is 5.79. The third-order valence-corrected chi connectivity index (χ3v) is 5.31. The molecule has 31 heavy (non-hydrogen) atoms. The number of rotatable bonds is 3. The Labute approximate surface area is 179 Å². The van der Waals surface area contributed by atoms with E-state index >= 15 is 0 Å². The van der Waals surface area contributed by atoms with Gasteiger partial charge in [-0.2, -0.15) is 13.2 Å². The second kappa shape index (κ2) is 8.71. The average Bonchev–Trinajstić information content (AvgIpc) is 2.80. The van der Waals surface area contributed by atoms with Crippen molar-refractivity contribution >= 4 is 23.1 Å². The van der Waals surface area contributed by atoms with Crippen LogP contribution in [0.5, 0.6) is 0 Å². The third kappa shape index (κ3) is 4.66. The fraction of sp³-hybridized carbons (Fsp3) is 0.208. The highest BCUT2D eigenvalue weighted by Crippen LogP contribution is 2.32. The van der Waals surface area contributed by atoms with Crippen molar-refractivity contribution in [3.63, 3.8) is 0 Å². The number of piperazine rings is 1. The lowest BCUT2D eigenvalue weighted by Crippen LogP contribution is -2.52. The Morgan fingerprint density at radius 2 is 1.29 bits per heavy atom. The van der Waals surface area contributed by atoms with Crippen molar-refractivity contribution in [1.29, 1.82) is 0 Å². The summed E-state index contributed by atoms with van der Waals surface area (Å²) in [5.41, 5.74) is 1.38. The lowest BCUT2D eigenvalue weighted by molar-refractivity contribution is -0.137. The average molecular weight is 425 g/mol. The highest BCUT2D eigenvalue weighted by Gasteiger charge is 2.32. The molecule has 0 bridgehead atoms. The lowest BCUT2D eigenvalue weighted by Gasteiger charge is -2.38. The van der Waals surface area contributed by atoms with Crippen LogP contribution < -0.4 is 9.80 Å². The molecule has 0 spiro atoms. The Morgan fingerprint density at radius 1 is 0.742 bits per heavy atom. The predicted molar refractivity (Wildman–Crippen MR) is 116 cm³/mol. The Bertz CT molecular complexity index is 977. The molecule has 1 heterocycles. The minimum atomic E-state index is -4.38. The van der Waals surface area contributed by atoms with Crippen molar-refractivity contribution in [3.05, 3.63) is 90.5 Å². The summed E-state index contributed by atoms with van der Waals surface area (Å²) in [5, 5.41) is 0. The van der Waals surface area contributed by atoms with Crippen LogP contribution in [-0.2, 0) is 6.18 Å². The Kier molecular flexibility index (Phi) is 5.84. The molecule has 2 amide bonds. The molecule has 3 aromatic rings. The molecule has 0 atom stereocenters. The van der Waals surface area contributed by atoms with Crippen LogP contribution in [0.15, 0.2) is 84.9 Å². The summed E-state index contributed by atoms with van der Waals surface area (Å²) in [6.07, 6.45) is -4.38. The molecule has 0 unspecified atom stereocenters. The maximum Gasteiger partial charge on any atom is 0.416 e. The molecule has 4 rings (SSSR count). The molecular weight excluding hydrogens is 403 g/mol. The van der Waals surface area contributed by atoms with Crippen molar-refractivity contribution in [2.24, 2.45) is 0 Å². The van der Waals surface area contributed by atoms with E-state index in [0.717, 1.165) is 23.5 Å². The van der Waals surface area contributed by atoms with Gasteiger partial charge < -0.3 is 9.80 Å². The zero-order chi connectivity index (χ0) is 21.8. The molecule has 7 heteroatoms. The first kappa shape index (κ1) is 20.8. The minimum Gasteiger partial charge on any atom is -0.368 e. The van der Waals surface area contributed by atoms with Crippen LogP contribution in [0.3, 0.4) is 0 Å². The van der Waals surface area contributed by atoms with Crippen LogP contribution in [0, 0.1) is 0 Å². The van der Waals surface area contributed by atoms with Gasteiger partial charge >= 0.3 is 12.2 Å². The molecule has 0 radical (unpaired) electrons. The summed E-state index contributed by atoms with van der Waals surface area (Å²) in [6.45, 7) is 1.77. The molecular formula is C24H22F3N3O. The second-order valence-electron chi connectivity index (χ2n) is 7.31. The first-order valence-electron chi connectivity index (χ1n) is 10.0. The van der Waals surface area contributed by atoms with Gasteiger partial charge in [-0.15, -0.1) is 0 Å². The quantitative estimate of drug-likeness (QED) is 0.531. The highest BCUT2D eigenvalue weighted by atomic mass is 19.4. The Balaban J connectivity index is 1.50. The molecule has 0 aliphatic carbocycles. The molecule has 0 N–H and O–H groups in total. The molecule has 3 aromatic carbocycles. The van der Waals surface area contributed by atoms with E-state index in [4.69, 9.17) is 0 Å². The number of nitrogens with zero attached hydrogens (tertiary/aromatic N) is 3. The maximum absolute atomic E-state index is 13.4. The van der Waals surface area contributed by atoms with E-state index in [9.17, 15) is 18.0 Å². The van der Waals surface area contributed by atoms with E-state index in [1.54, 1.807) is 15.9 Å². The van der Waals surface area contributed by atoms with Gasteiger partial charge in [0.05, 0.1) is 16.9 Å². The van der Waals surface area contributed by atoms with E-state index in [-0.39, 0.29) is 6.03 Å². The van der Waals surface area contributed by atoms with Crippen LogP contribution in [-0.4, -0.2) is 37.1 Å². The molecule has 1 saturated heterocycles. The van der Waals surface area contributed by atoms with Gasteiger partial charge in [0.2, 0.25) is 0 Å². The summed E-state index contributed by atoms with van der Waals surface area (Å²) < 4.78 is 39.1. The number of carbonyl (C=O) groups is 1. The van der Waals surface area contributed by atoms with E-state index in [1.807, 2.05) is 65.6 Å². The number of para-hydroxylation sites is 2. The van der Waals surface area contributed by atoms with Crippen molar-refractivity contribution in [3.8, 4) is 0 Å². The molecule has 160 valence electrons. The molecule has 4 nitrogen and oxygen atoms in total. The van der Waals surface area contributed by atoms with Crippen molar-refractivity contribution in [2.45, 2.75) is 6.18 Å². The summed E-state index contributed by atoms with van der Waals surface area (Å²) in [6, 6.07) is 24.0. The number of amides is 2. The first-order chi connectivity index (χ1) is 14.9. The van der Waals surface area contributed by atoms with E-state index in [1.165, 1.54) is 6.07 Å². The summed E-state index contributed by atoms with van der Waals surface area (Å²) in [7, 11) is 0. The number of alkyl halides is 3. The first-order valence-corrected chi connectivity index (χ1v) is 10.0. The number of hydrogen-bond acceptors (Lipinski definition) is 2. The number of carbonyl (C=O) groups excluding carboxylic acids is 1. The van der Waals surface area contributed by atoms with E-state index in [2.05, 4.69) is 0 Å². The molecule has 1 fully saturated rings. The van der Waals surface area contributed by atoms with E-state index in [0.29, 0.717) is 31.9 Å². The SMILES string of the molecule is O=C(N1CCN(c2cccc(C(F)(F)F)c2)CC1)N(c1ccccc1)c1ccccc1. The largest absolute Gasteiger partial charge is 0.416 e. The zero-order valence-corrected chi connectivity index (χ0v) is 16.8. The van der Waals surface area contributed by atoms with Crippen molar-refractivity contribution < 1.29 is 18.0 Å². The molecule has 1 aliphatic rings. The monoisotopic (exact) mass is 425 g/mol. The van der Waals surface area contributed by atoms with Crippen LogP contribution in [0.4, 0.5) is 35.0 Å². The lowest BCUT2D eigenvalue weighted by atomic mass is 10.1. The van der Waals surface area contributed by atoms with Crippen molar-refractivity contribution in [2.75, 3.05) is 36.0 Å². The number of benzene rings is 3. The summed E-state index contributed by atoms with van der Waals surface area (Å²) in [4.78, 5) is 18.7. The highest BCUT2D eigenvalue weighted by molar-refractivity contribution is 5.99. The van der Waals surface area contributed by atoms with Gasteiger partial charge in [-0.05, 0) is 42.5 Å². The minimum absolute atomic E-state index is 0.152. The molecule has 0 saturated carbocycles. The number of halogens is 3. The van der Waals surface area contributed by atoms with Gasteiger partial charge in [0.25, 0.3) is 0 Å². The smallest absolute Gasteiger partial charge is 0.368 e. The third-order valence-electron chi connectivity index (χ3n) is 5.31. The topological polar surface area (TPSA) is 26.8 Å². The van der Waals surface area contributed by atoms with Crippen LogP contribution >= 0.6 is 0 Å². The zero-order valence-electron chi connectivity index (χ0n) is 16.8. The Morgan fingerprint density at radius 3 is 1.81 bits per heavy atom. The number of urea groups is 1. The van der Waals surface area contributed by atoms with Gasteiger partial charge in [0.1, 0.15) is 0 Å². The number of anilines is 3. The fourth-order valence-electron chi connectivity index (χ4n) is 3.70. The second-order valence-corrected chi connectivity index (χ2v) is 7.31. The van der Waals surface area contributed by atoms with Crippen molar-refractivity contribution in [1.82, 2.24) is 4.90 Å². The molecule has 1 aliphatic heterocycles. The van der Waals surface area contributed by atoms with Crippen LogP contribution in [0.1, 0.15) is 5.56 Å². The standard InChI is InChI=1S/C24H22F3N3O/c25-24(26,27)19-8-7-13-22(18-19)28-14-16-29(17-15-28)23(31)30(20-9-3-1-4-10-20)21-11-5-2-6-12-21/h1-13,18H,14-17H2. The van der Waals surface area contributed by atoms with Gasteiger partial charge in [-0.3, -0.25) is 4.90 Å². The maximum atomic E-state index is 13.4. The summed E-state index contributed by atoms with van der Waals surface area (Å²) >= 11 is 0. The molecule has 0 aromatic heterocycles. The normalized spacial score (nSPS) is 14.4. The van der Waals surface area contributed by atoms with Crippen LogP contribution in [0.2, 0.25) is 0 Å². The Hall–Kier alpha value is -3.48. The van der Waals surface area contributed by atoms with Gasteiger partial charge in [0, 0.05) is 31.9 Å². The van der Waals surface area contributed by atoms with Gasteiger partial charge in [-0.1, -0.05) is 42.5 Å². The van der Waals surface area contributed by atoms with Gasteiger partial charge in [0.15, 0.2) is 0 Å². The number of hydrogen-bond donors (Lipinski definition) is 0.